The van der Waals surface area contributed by atoms with Crippen molar-refractivity contribution >= 4 is 16.6 Å². The molecule has 0 aliphatic heterocycles. The van der Waals surface area contributed by atoms with Gasteiger partial charge in [0.05, 0.1) is 10.9 Å². The Bertz CT molecular complexity index is 513. The molecule has 0 aliphatic rings. The van der Waals surface area contributed by atoms with E-state index in [-0.39, 0.29) is 16.6 Å². The number of nitrogens with two attached hydrogens (primary N) is 1. The van der Waals surface area contributed by atoms with Gasteiger partial charge < -0.3 is 5.73 Å². The van der Waals surface area contributed by atoms with Crippen LogP contribution >= 0.6 is 0 Å². The highest BCUT2D eigenvalue weighted by atomic mass is 19.4. The summed E-state index contributed by atoms with van der Waals surface area (Å²) in [6.07, 6.45) is -4.45. The van der Waals surface area contributed by atoms with Gasteiger partial charge in [0.1, 0.15) is 0 Å². The van der Waals surface area contributed by atoms with Gasteiger partial charge in [-0.05, 0) is 12.1 Å². The highest BCUT2D eigenvalue weighted by molar-refractivity contribution is 5.93. The molecule has 3 nitrogen and oxygen atoms in total. The lowest BCUT2D eigenvalue weighted by Gasteiger charge is -2.07. The predicted molar refractivity (Wildman–Crippen MR) is 50.1 cm³/mol. The fourth-order valence-electron chi connectivity index (χ4n) is 1.60. The Morgan fingerprint density at radius 3 is 2.60 bits per heavy atom. The molecule has 0 unspecified atom stereocenters. The Hall–Kier alpha value is -1.72. The van der Waals surface area contributed by atoms with Crippen molar-refractivity contribution in [2.24, 2.45) is 7.05 Å². The van der Waals surface area contributed by atoms with Crippen LogP contribution in [0.1, 0.15) is 5.69 Å². The van der Waals surface area contributed by atoms with E-state index in [1.54, 1.807) is 6.07 Å². The van der Waals surface area contributed by atoms with Crippen LogP contribution < -0.4 is 5.73 Å². The zero-order valence-corrected chi connectivity index (χ0v) is 7.84. The minimum atomic E-state index is -4.45. The molecule has 2 N–H and O–H groups in total. The van der Waals surface area contributed by atoms with Gasteiger partial charge in [0.2, 0.25) is 0 Å². The number of rotatable bonds is 0. The Morgan fingerprint density at radius 1 is 1.33 bits per heavy atom. The number of halogens is 3. The molecule has 0 atom stereocenters. The third kappa shape index (κ3) is 1.42. The van der Waals surface area contributed by atoms with E-state index in [1.807, 2.05) is 0 Å². The van der Waals surface area contributed by atoms with E-state index in [2.05, 4.69) is 5.10 Å². The van der Waals surface area contributed by atoms with Gasteiger partial charge in [-0.1, -0.05) is 6.07 Å². The van der Waals surface area contributed by atoms with E-state index >= 15 is 0 Å². The summed E-state index contributed by atoms with van der Waals surface area (Å²) in [6, 6.07) is 4.50. The molecule has 0 fully saturated rings. The maximum atomic E-state index is 12.7. The number of benzene rings is 1. The summed E-state index contributed by atoms with van der Waals surface area (Å²) in [7, 11) is 1.25. The lowest BCUT2D eigenvalue weighted by molar-refractivity contribution is -0.142. The van der Waals surface area contributed by atoms with Crippen molar-refractivity contribution in [1.82, 2.24) is 9.78 Å². The van der Waals surface area contributed by atoms with Crippen LogP contribution in [0.5, 0.6) is 0 Å². The van der Waals surface area contributed by atoms with E-state index in [1.165, 1.54) is 19.2 Å². The van der Waals surface area contributed by atoms with Crippen LogP contribution in [-0.4, -0.2) is 9.78 Å². The first kappa shape index (κ1) is 9.82. The van der Waals surface area contributed by atoms with Crippen molar-refractivity contribution in [3.05, 3.63) is 23.9 Å². The van der Waals surface area contributed by atoms with Gasteiger partial charge in [-0.25, -0.2) is 0 Å². The number of nitrogen functional groups attached to an aromatic ring is 1. The van der Waals surface area contributed by atoms with Crippen molar-refractivity contribution in [3.8, 4) is 0 Å². The van der Waals surface area contributed by atoms with Crippen LogP contribution in [0.3, 0.4) is 0 Å². The van der Waals surface area contributed by atoms with Crippen LogP contribution in [0.2, 0.25) is 0 Å². The molecule has 0 radical (unpaired) electrons. The number of hydrogen-bond acceptors (Lipinski definition) is 2. The monoisotopic (exact) mass is 215 g/mol. The average Bonchev–Trinajstić information content (AvgIpc) is 2.41. The van der Waals surface area contributed by atoms with Crippen LogP contribution in [-0.2, 0) is 13.2 Å². The van der Waals surface area contributed by atoms with Crippen molar-refractivity contribution in [3.63, 3.8) is 0 Å². The zero-order chi connectivity index (χ0) is 11.2. The van der Waals surface area contributed by atoms with Crippen LogP contribution in [0.25, 0.3) is 10.9 Å². The van der Waals surface area contributed by atoms with Crippen molar-refractivity contribution < 1.29 is 13.2 Å². The molecule has 2 rings (SSSR count). The van der Waals surface area contributed by atoms with Gasteiger partial charge in [-0.3, -0.25) is 4.68 Å². The summed E-state index contributed by atoms with van der Waals surface area (Å²) in [5.41, 5.74) is 5.05. The van der Waals surface area contributed by atoms with Crippen LogP contribution in [0.15, 0.2) is 18.2 Å². The molecule has 0 saturated heterocycles. The molecule has 80 valence electrons. The van der Waals surface area contributed by atoms with Crippen molar-refractivity contribution in [1.29, 1.82) is 0 Å². The molecular formula is C9H8F3N3. The molecule has 0 aliphatic carbocycles. The summed E-state index contributed by atoms with van der Waals surface area (Å²) in [5, 5.41) is 3.72. The molecule has 6 heteroatoms. The molecule has 2 aromatic rings. The normalized spacial score (nSPS) is 12.3. The fourth-order valence-corrected chi connectivity index (χ4v) is 1.60. The molecule has 1 aromatic heterocycles. The summed E-state index contributed by atoms with van der Waals surface area (Å²) in [4.78, 5) is 0. The Kier molecular flexibility index (Phi) is 1.89. The van der Waals surface area contributed by atoms with Crippen LogP contribution in [0, 0.1) is 0 Å². The van der Waals surface area contributed by atoms with E-state index in [9.17, 15) is 13.2 Å². The molecule has 15 heavy (non-hydrogen) atoms. The second-order valence-corrected chi connectivity index (χ2v) is 3.21. The number of aromatic nitrogens is 2. The van der Waals surface area contributed by atoms with E-state index in [4.69, 9.17) is 5.73 Å². The third-order valence-corrected chi connectivity index (χ3v) is 2.16. The first-order chi connectivity index (χ1) is 6.91. The lowest BCUT2D eigenvalue weighted by atomic mass is 10.1. The Morgan fingerprint density at radius 2 is 2.00 bits per heavy atom. The number of alkyl halides is 3. The van der Waals surface area contributed by atoms with E-state index in [0.717, 1.165) is 4.68 Å². The highest BCUT2D eigenvalue weighted by Gasteiger charge is 2.37. The standard InChI is InChI=1S/C9H8F3N3/c1-15-8(9(10,11)12)7-5(13)3-2-4-6(7)14-15/h2-4H,13H2,1H3. The SMILES string of the molecule is Cn1nc2cccc(N)c2c1C(F)(F)F. The maximum absolute atomic E-state index is 12.7. The number of nitrogens with zero attached hydrogens (tertiary/aromatic N) is 2. The molecule has 0 saturated carbocycles. The largest absolute Gasteiger partial charge is 0.433 e. The predicted octanol–water partition coefficient (Wildman–Crippen LogP) is 2.17. The maximum Gasteiger partial charge on any atom is 0.433 e. The van der Waals surface area contributed by atoms with Gasteiger partial charge in [-0.2, -0.15) is 18.3 Å². The Labute approximate surface area is 83.3 Å². The number of aryl methyl sites for hydroxylation is 1. The summed E-state index contributed by atoms with van der Waals surface area (Å²) in [6.45, 7) is 0. The smallest absolute Gasteiger partial charge is 0.398 e. The lowest BCUT2D eigenvalue weighted by Crippen LogP contribution is -2.12. The summed E-state index contributed by atoms with van der Waals surface area (Å²) in [5.74, 6) is 0. The topological polar surface area (TPSA) is 43.8 Å². The molecule has 0 amide bonds. The van der Waals surface area contributed by atoms with Gasteiger partial charge >= 0.3 is 6.18 Å². The Balaban J connectivity index is 2.89. The van der Waals surface area contributed by atoms with Gasteiger partial charge in [0.15, 0.2) is 5.69 Å². The quantitative estimate of drug-likeness (QED) is 0.684. The van der Waals surface area contributed by atoms with Crippen molar-refractivity contribution in [2.75, 3.05) is 5.73 Å². The van der Waals surface area contributed by atoms with E-state index in [0.29, 0.717) is 0 Å². The molecular weight excluding hydrogens is 207 g/mol. The zero-order valence-electron chi connectivity index (χ0n) is 7.84. The van der Waals surface area contributed by atoms with Crippen molar-refractivity contribution in [2.45, 2.75) is 6.18 Å². The fraction of sp³-hybridized carbons (Fsp3) is 0.222. The third-order valence-electron chi connectivity index (χ3n) is 2.16. The second kappa shape index (κ2) is 2.88. The molecule has 0 bridgehead atoms. The van der Waals surface area contributed by atoms with Gasteiger partial charge in [0, 0.05) is 12.7 Å². The number of hydrogen-bond donors (Lipinski definition) is 1. The van der Waals surface area contributed by atoms with Gasteiger partial charge in [-0.15, -0.1) is 0 Å². The summed E-state index contributed by atoms with van der Waals surface area (Å²) >= 11 is 0. The first-order valence-electron chi connectivity index (χ1n) is 4.19. The van der Waals surface area contributed by atoms with E-state index < -0.39 is 11.9 Å². The first-order valence-corrected chi connectivity index (χ1v) is 4.19. The number of anilines is 1. The molecule has 0 spiro atoms. The van der Waals surface area contributed by atoms with Gasteiger partial charge in [0.25, 0.3) is 0 Å². The number of fused-ring (bicyclic) bond motifs is 1. The average molecular weight is 215 g/mol. The minimum absolute atomic E-state index is 0.0347. The highest BCUT2D eigenvalue weighted by Crippen LogP contribution is 2.36. The summed E-state index contributed by atoms with van der Waals surface area (Å²) < 4.78 is 38.8. The molecule has 1 heterocycles. The van der Waals surface area contributed by atoms with Crippen LogP contribution in [0.4, 0.5) is 18.9 Å². The molecule has 1 aromatic carbocycles. The second-order valence-electron chi connectivity index (χ2n) is 3.21. The minimum Gasteiger partial charge on any atom is -0.398 e.